The Morgan fingerprint density at radius 2 is 2.00 bits per heavy atom. The van der Waals surface area contributed by atoms with Gasteiger partial charge in [0, 0.05) is 24.2 Å². The minimum absolute atomic E-state index is 0.0787. The van der Waals surface area contributed by atoms with Crippen molar-refractivity contribution >= 4 is 29.2 Å². The molecular formula is C17H20ClN3O4. The summed E-state index contributed by atoms with van der Waals surface area (Å²) >= 11 is 6.10. The molecule has 2 N–H and O–H groups in total. The van der Waals surface area contributed by atoms with E-state index in [1.165, 1.54) is 6.20 Å². The van der Waals surface area contributed by atoms with Crippen LogP contribution in [0.3, 0.4) is 0 Å². The first-order valence-corrected chi connectivity index (χ1v) is 8.16. The lowest BCUT2D eigenvalue weighted by Crippen LogP contribution is -2.20. The molecule has 0 aliphatic rings. The predicted molar refractivity (Wildman–Crippen MR) is 94.1 cm³/mol. The lowest BCUT2D eigenvalue weighted by atomic mass is 10.1. The van der Waals surface area contributed by atoms with Crippen molar-refractivity contribution in [2.24, 2.45) is 0 Å². The summed E-state index contributed by atoms with van der Waals surface area (Å²) in [5.74, 6) is -0.570. The second-order valence-electron chi connectivity index (χ2n) is 5.70. The maximum Gasteiger partial charge on any atom is 0.303 e. The lowest BCUT2D eigenvalue weighted by molar-refractivity contribution is -0.137. The van der Waals surface area contributed by atoms with Crippen molar-refractivity contribution in [2.45, 2.75) is 33.2 Å². The van der Waals surface area contributed by atoms with E-state index in [0.29, 0.717) is 29.4 Å². The predicted octanol–water partition coefficient (Wildman–Crippen LogP) is 3.04. The highest BCUT2D eigenvalue weighted by molar-refractivity contribution is 6.32. The first-order chi connectivity index (χ1) is 11.8. The van der Waals surface area contributed by atoms with Gasteiger partial charge >= 0.3 is 5.97 Å². The summed E-state index contributed by atoms with van der Waals surface area (Å²) in [7, 11) is 0. The van der Waals surface area contributed by atoms with Gasteiger partial charge in [0.05, 0.1) is 11.9 Å². The Morgan fingerprint density at radius 3 is 2.64 bits per heavy atom. The number of anilines is 1. The molecule has 0 radical (unpaired) electrons. The second-order valence-corrected chi connectivity index (χ2v) is 6.08. The van der Waals surface area contributed by atoms with Crippen LogP contribution in [0.1, 0.15) is 24.0 Å². The number of halogens is 1. The highest BCUT2D eigenvalue weighted by Crippen LogP contribution is 2.25. The fourth-order valence-corrected chi connectivity index (χ4v) is 2.39. The van der Waals surface area contributed by atoms with Gasteiger partial charge in [0.15, 0.2) is 6.61 Å². The number of aliphatic carboxylic acids is 1. The van der Waals surface area contributed by atoms with Crippen LogP contribution in [0.4, 0.5) is 5.69 Å². The third-order valence-electron chi connectivity index (χ3n) is 3.47. The number of carbonyl (C=O) groups is 2. The van der Waals surface area contributed by atoms with E-state index in [1.54, 1.807) is 23.0 Å². The van der Waals surface area contributed by atoms with Gasteiger partial charge in [-0.15, -0.1) is 0 Å². The number of carbonyl (C=O) groups excluding carboxylic acids is 1. The molecule has 0 fully saturated rings. The number of aryl methyl sites for hydroxylation is 3. The van der Waals surface area contributed by atoms with Crippen LogP contribution < -0.4 is 10.1 Å². The monoisotopic (exact) mass is 365 g/mol. The van der Waals surface area contributed by atoms with E-state index in [9.17, 15) is 9.59 Å². The Morgan fingerprint density at radius 1 is 1.32 bits per heavy atom. The fourth-order valence-electron chi connectivity index (χ4n) is 2.28. The number of aromatic nitrogens is 2. The number of amides is 1. The van der Waals surface area contributed by atoms with Crippen molar-refractivity contribution in [1.82, 2.24) is 9.78 Å². The van der Waals surface area contributed by atoms with E-state index in [0.717, 1.165) is 11.1 Å². The molecular weight excluding hydrogens is 346 g/mol. The lowest BCUT2D eigenvalue weighted by Gasteiger charge is -2.09. The molecule has 0 saturated heterocycles. The summed E-state index contributed by atoms with van der Waals surface area (Å²) in [6.45, 7) is 4.09. The Labute approximate surface area is 150 Å². The maximum absolute atomic E-state index is 12.0. The molecule has 0 aliphatic heterocycles. The average molecular weight is 366 g/mol. The second kappa shape index (κ2) is 8.53. The first kappa shape index (κ1) is 18.8. The van der Waals surface area contributed by atoms with Crippen LogP contribution in [0.5, 0.6) is 5.75 Å². The van der Waals surface area contributed by atoms with Crippen LogP contribution in [0.15, 0.2) is 24.5 Å². The van der Waals surface area contributed by atoms with Crippen LogP contribution in [-0.4, -0.2) is 33.4 Å². The Bertz CT molecular complexity index is 750. The minimum Gasteiger partial charge on any atom is -0.484 e. The third kappa shape index (κ3) is 5.79. The molecule has 2 rings (SSSR count). The topological polar surface area (TPSA) is 93.5 Å². The van der Waals surface area contributed by atoms with Gasteiger partial charge < -0.3 is 15.2 Å². The SMILES string of the molecule is Cc1cc(OCC(=O)Nc2cnn(CCCC(=O)O)c2)cc(C)c1Cl. The zero-order chi connectivity index (χ0) is 18.4. The first-order valence-electron chi connectivity index (χ1n) is 7.79. The van der Waals surface area contributed by atoms with Crippen molar-refractivity contribution < 1.29 is 19.4 Å². The molecule has 0 saturated carbocycles. The average Bonchev–Trinajstić information content (AvgIpc) is 2.97. The maximum atomic E-state index is 12.0. The minimum atomic E-state index is -0.842. The van der Waals surface area contributed by atoms with Gasteiger partial charge in [0.2, 0.25) is 0 Å². The van der Waals surface area contributed by atoms with Gasteiger partial charge in [-0.1, -0.05) is 11.6 Å². The molecule has 1 aromatic heterocycles. The summed E-state index contributed by atoms with van der Waals surface area (Å²) in [5.41, 5.74) is 2.31. The quantitative estimate of drug-likeness (QED) is 0.750. The standard InChI is InChI=1S/C17H20ClN3O4/c1-11-6-14(7-12(2)17(11)18)25-10-15(22)20-13-8-19-21(9-13)5-3-4-16(23)24/h6-9H,3-5,10H2,1-2H3,(H,20,22)(H,23,24). The van der Waals surface area contributed by atoms with Crippen molar-refractivity contribution in [1.29, 1.82) is 0 Å². The van der Waals surface area contributed by atoms with Crippen molar-refractivity contribution in [2.75, 3.05) is 11.9 Å². The highest BCUT2D eigenvalue weighted by Gasteiger charge is 2.08. The Hall–Kier alpha value is -2.54. The van der Waals surface area contributed by atoms with E-state index in [2.05, 4.69) is 10.4 Å². The smallest absolute Gasteiger partial charge is 0.303 e. The summed E-state index contributed by atoms with van der Waals surface area (Å²) in [6.07, 6.45) is 3.71. The number of nitrogens with one attached hydrogen (secondary N) is 1. The molecule has 0 atom stereocenters. The molecule has 1 aromatic carbocycles. The summed E-state index contributed by atoms with van der Waals surface area (Å²) in [6, 6.07) is 3.56. The van der Waals surface area contributed by atoms with E-state index in [4.69, 9.17) is 21.4 Å². The largest absolute Gasteiger partial charge is 0.484 e. The summed E-state index contributed by atoms with van der Waals surface area (Å²) in [5, 5.41) is 16.1. The molecule has 2 aromatic rings. The number of carboxylic acid groups (broad SMARTS) is 1. The van der Waals surface area contributed by atoms with E-state index >= 15 is 0 Å². The van der Waals surface area contributed by atoms with Crippen LogP contribution >= 0.6 is 11.6 Å². The normalized spacial score (nSPS) is 10.5. The van der Waals surface area contributed by atoms with Gasteiger partial charge in [-0.2, -0.15) is 5.10 Å². The molecule has 0 unspecified atom stereocenters. The molecule has 25 heavy (non-hydrogen) atoms. The van der Waals surface area contributed by atoms with E-state index < -0.39 is 5.97 Å². The Balaban J connectivity index is 1.82. The van der Waals surface area contributed by atoms with Crippen LogP contribution in [-0.2, 0) is 16.1 Å². The Kier molecular flexibility index (Phi) is 6.41. The van der Waals surface area contributed by atoms with Crippen molar-refractivity contribution in [3.63, 3.8) is 0 Å². The van der Waals surface area contributed by atoms with Gasteiger partial charge in [-0.25, -0.2) is 0 Å². The van der Waals surface area contributed by atoms with Gasteiger partial charge in [-0.3, -0.25) is 14.3 Å². The fraction of sp³-hybridized carbons (Fsp3) is 0.353. The van der Waals surface area contributed by atoms with Crippen molar-refractivity contribution in [3.05, 3.63) is 40.7 Å². The van der Waals surface area contributed by atoms with Crippen molar-refractivity contribution in [3.8, 4) is 5.75 Å². The van der Waals surface area contributed by atoms with E-state index in [1.807, 2.05) is 13.8 Å². The molecule has 7 nitrogen and oxygen atoms in total. The third-order valence-corrected chi connectivity index (χ3v) is 4.07. The van der Waals surface area contributed by atoms with Crippen LogP contribution in [0.25, 0.3) is 0 Å². The van der Waals surface area contributed by atoms with E-state index in [-0.39, 0.29) is 18.9 Å². The van der Waals surface area contributed by atoms with Gasteiger partial charge in [0.1, 0.15) is 5.75 Å². The molecule has 1 heterocycles. The molecule has 1 amide bonds. The molecule has 134 valence electrons. The number of benzene rings is 1. The number of nitrogens with zero attached hydrogens (tertiary/aromatic N) is 2. The summed E-state index contributed by atoms with van der Waals surface area (Å²) < 4.78 is 7.08. The van der Waals surface area contributed by atoms with Gasteiger partial charge in [0.25, 0.3) is 5.91 Å². The number of ether oxygens (including phenoxy) is 1. The molecule has 0 aliphatic carbocycles. The highest BCUT2D eigenvalue weighted by atomic mass is 35.5. The zero-order valence-electron chi connectivity index (χ0n) is 14.1. The number of hydrogen-bond donors (Lipinski definition) is 2. The number of carboxylic acids is 1. The number of rotatable bonds is 8. The van der Waals surface area contributed by atoms with Crippen LogP contribution in [0, 0.1) is 13.8 Å². The van der Waals surface area contributed by atoms with Gasteiger partial charge in [-0.05, 0) is 43.5 Å². The molecule has 0 bridgehead atoms. The number of hydrogen-bond acceptors (Lipinski definition) is 4. The summed E-state index contributed by atoms with van der Waals surface area (Å²) in [4.78, 5) is 22.4. The molecule has 0 spiro atoms. The zero-order valence-corrected chi connectivity index (χ0v) is 14.8. The molecule has 8 heteroatoms. The van der Waals surface area contributed by atoms with Crippen LogP contribution in [0.2, 0.25) is 5.02 Å².